The quantitative estimate of drug-likeness (QED) is 0.518. The van der Waals surface area contributed by atoms with E-state index >= 15 is 0 Å². The molecule has 29 heavy (non-hydrogen) atoms. The summed E-state index contributed by atoms with van der Waals surface area (Å²) in [6.45, 7) is 3.74. The highest BCUT2D eigenvalue weighted by molar-refractivity contribution is 7.85. The van der Waals surface area contributed by atoms with Crippen LogP contribution in [0.4, 0.5) is 4.39 Å². The van der Waals surface area contributed by atoms with E-state index in [2.05, 4.69) is 5.32 Å². The fourth-order valence-corrected chi connectivity index (χ4v) is 4.23. The van der Waals surface area contributed by atoms with Crippen LogP contribution in [-0.2, 0) is 19.0 Å². The number of hydrogen-bond donors (Lipinski definition) is 1. The van der Waals surface area contributed by atoms with E-state index in [0.29, 0.717) is 5.56 Å². The van der Waals surface area contributed by atoms with Gasteiger partial charge in [-0.3, -0.25) is 4.18 Å². The summed E-state index contributed by atoms with van der Waals surface area (Å²) in [6, 6.07) is 12.8. The van der Waals surface area contributed by atoms with Crippen LogP contribution in [0.15, 0.2) is 42.5 Å². The molecule has 1 fully saturated rings. The van der Waals surface area contributed by atoms with Gasteiger partial charge in [0, 0.05) is 18.0 Å². The Bertz CT molecular complexity index is 926. The van der Waals surface area contributed by atoms with Crippen molar-refractivity contribution in [1.29, 1.82) is 0 Å². The number of nitrogens with one attached hydrogen (secondary N) is 1. The van der Waals surface area contributed by atoms with E-state index in [1.54, 1.807) is 6.07 Å². The second-order valence-electron chi connectivity index (χ2n) is 7.50. The predicted octanol–water partition coefficient (Wildman–Crippen LogP) is 3.83. The first-order valence-corrected chi connectivity index (χ1v) is 11.7. The average Bonchev–Trinajstić information content (AvgIpc) is 2.68. The molecule has 3 rings (SSSR count). The number of ether oxygens (including phenoxy) is 1. The summed E-state index contributed by atoms with van der Waals surface area (Å²) in [5.41, 5.74) is 3.18. The molecule has 158 valence electrons. The Labute approximate surface area is 172 Å². The number of rotatable bonds is 8. The maximum Gasteiger partial charge on any atom is 0.264 e. The summed E-state index contributed by atoms with van der Waals surface area (Å²) in [4.78, 5) is 0. The molecule has 2 atom stereocenters. The van der Waals surface area contributed by atoms with Crippen LogP contribution in [0.25, 0.3) is 11.1 Å². The minimum absolute atomic E-state index is 0.0649. The SMILES string of the molecule is Cc1cccc(-c2c(F)cccc2C(OCCOS(C)(=O)=O)C2CCCNC2)c1. The zero-order chi connectivity index (χ0) is 20.9. The van der Waals surface area contributed by atoms with Crippen molar-refractivity contribution in [2.75, 3.05) is 32.6 Å². The van der Waals surface area contributed by atoms with Crippen molar-refractivity contribution in [3.8, 4) is 11.1 Å². The van der Waals surface area contributed by atoms with Crippen LogP contribution in [0.3, 0.4) is 0 Å². The van der Waals surface area contributed by atoms with E-state index < -0.39 is 10.1 Å². The van der Waals surface area contributed by atoms with Crippen molar-refractivity contribution in [2.24, 2.45) is 5.92 Å². The Morgan fingerprint density at radius 1 is 1.21 bits per heavy atom. The number of benzene rings is 2. The second-order valence-corrected chi connectivity index (χ2v) is 9.14. The van der Waals surface area contributed by atoms with E-state index in [0.717, 1.165) is 48.9 Å². The number of aryl methyl sites for hydroxylation is 1. The van der Waals surface area contributed by atoms with Gasteiger partial charge in [0.05, 0.1) is 25.6 Å². The first kappa shape index (κ1) is 21.9. The summed E-state index contributed by atoms with van der Waals surface area (Å²) < 4.78 is 48.3. The molecule has 0 aliphatic carbocycles. The van der Waals surface area contributed by atoms with E-state index in [-0.39, 0.29) is 31.1 Å². The van der Waals surface area contributed by atoms with Gasteiger partial charge in [-0.25, -0.2) is 4.39 Å². The summed E-state index contributed by atoms with van der Waals surface area (Å²) >= 11 is 0. The van der Waals surface area contributed by atoms with Crippen LogP contribution >= 0.6 is 0 Å². The van der Waals surface area contributed by atoms with E-state index in [1.165, 1.54) is 6.07 Å². The predicted molar refractivity (Wildman–Crippen MR) is 112 cm³/mol. The first-order valence-electron chi connectivity index (χ1n) is 9.87. The third-order valence-corrected chi connectivity index (χ3v) is 5.70. The Kier molecular flexibility index (Phi) is 7.40. The van der Waals surface area contributed by atoms with Crippen LogP contribution in [0.5, 0.6) is 0 Å². The molecule has 0 saturated carbocycles. The van der Waals surface area contributed by atoms with Crippen molar-refractivity contribution in [3.63, 3.8) is 0 Å². The Hall–Kier alpha value is -1.80. The zero-order valence-corrected chi connectivity index (χ0v) is 17.7. The maximum absolute atomic E-state index is 15.0. The molecule has 0 aromatic heterocycles. The molecule has 5 nitrogen and oxygen atoms in total. The molecule has 0 radical (unpaired) electrons. The first-order chi connectivity index (χ1) is 13.8. The largest absolute Gasteiger partial charge is 0.371 e. The van der Waals surface area contributed by atoms with Crippen LogP contribution in [0.1, 0.15) is 30.1 Å². The van der Waals surface area contributed by atoms with Crippen LogP contribution < -0.4 is 5.32 Å². The fourth-order valence-electron chi connectivity index (χ4n) is 3.86. The number of halogens is 1. The molecule has 2 aromatic carbocycles. The lowest BCUT2D eigenvalue weighted by molar-refractivity contribution is -0.00880. The van der Waals surface area contributed by atoms with Gasteiger partial charge in [-0.15, -0.1) is 0 Å². The Morgan fingerprint density at radius 2 is 2.00 bits per heavy atom. The summed E-state index contributed by atoms with van der Waals surface area (Å²) in [6.07, 6.45) is 2.61. The van der Waals surface area contributed by atoms with Gasteiger partial charge in [-0.05, 0) is 43.5 Å². The summed E-state index contributed by atoms with van der Waals surface area (Å²) in [5.74, 6) is -0.134. The van der Waals surface area contributed by atoms with E-state index in [1.807, 2.05) is 37.3 Å². The molecule has 2 aromatic rings. The second kappa shape index (κ2) is 9.80. The fraction of sp³-hybridized carbons (Fsp3) is 0.455. The number of piperidine rings is 1. The molecule has 7 heteroatoms. The van der Waals surface area contributed by atoms with E-state index in [9.17, 15) is 12.8 Å². The van der Waals surface area contributed by atoms with Crippen LogP contribution in [-0.4, -0.2) is 41.0 Å². The van der Waals surface area contributed by atoms with Crippen LogP contribution in [0.2, 0.25) is 0 Å². The van der Waals surface area contributed by atoms with Gasteiger partial charge < -0.3 is 10.1 Å². The standard InChI is InChI=1S/C22H28FNO4S/c1-16-6-3-7-17(14-16)21-19(9-4-10-20(21)23)22(18-8-5-11-24-15-18)27-12-13-28-29(2,25)26/h3-4,6-7,9-10,14,18,22,24H,5,8,11-13,15H2,1-2H3. The monoisotopic (exact) mass is 421 g/mol. The van der Waals surface area contributed by atoms with Gasteiger partial charge in [-0.1, -0.05) is 42.0 Å². The highest BCUT2D eigenvalue weighted by Gasteiger charge is 2.29. The van der Waals surface area contributed by atoms with E-state index in [4.69, 9.17) is 8.92 Å². The molecule has 1 heterocycles. The van der Waals surface area contributed by atoms with Crippen molar-refractivity contribution in [1.82, 2.24) is 5.32 Å². The maximum atomic E-state index is 15.0. The van der Waals surface area contributed by atoms with Gasteiger partial charge >= 0.3 is 0 Å². The molecule has 1 aliphatic heterocycles. The Balaban J connectivity index is 1.93. The molecule has 1 saturated heterocycles. The molecular formula is C22H28FNO4S. The molecule has 1 aliphatic rings. The molecule has 0 amide bonds. The topological polar surface area (TPSA) is 64.6 Å². The Morgan fingerprint density at radius 3 is 2.69 bits per heavy atom. The lowest BCUT2D eigenvalue weighted by atomic mass is 9.85. The number of hydrogen-bond acceptors (Lipinski definition) is 5. The third kappa shape index (κ3) is 6.09. The zero-order valence-electron chi connectivity index (χ0n) is 16.9. The van der Waals surface area contributed by atoms with Crippen molar-refractivity contribution in [3.05, 3.63) is 59.4 Å². The molecule has 1 N–H and O–H groups in total. The normalized spacial score (nSPS) is 18.5. The highest BCUT2D eigenvalue weighted by Crippen LogP contribution is 2.38. The van der Waals surface area contributed by atoms with Crippen LogP contribution in [0, 0.1) is 18.7 Å². The molecular weight excluding hydrogens is 393 g/mol. The molecule has 0 spiro atoms. The van der Waals surface area contributed by atoms with Gasteiger partial charge in [0.2, 0.25) is 0 Å². The van der Waals surface area contributed by atoms with Gasteiger partial charge in [0.1, 0.15) is 5.82 Å². The summed E-state index contributed by atoms with van der Waals surface area (Å²) in [7, 11) is -3.53. The van der Waals surface area contributed by atoms with Gasteiger partial charge in [0.15, 0.2) is 0 Å². The molecule has 0 bridgehead atoms. The summed E-state index contributed by atoms with van der Waals surface area (Å²) in [5, 5.41) is 3.38. The lowest BCUT2D eigenvalue weighted by Gasteiger charge is -2.32. The van der Waals surface area contributed by atoms with Crippen molar-refractivity contribution in [2.45, 2.75) is 25.9 Å². The molecule has 2 unspecified atom stereocenters. The highest BCUT2D eigenvalue weighted by atomic mass is 32.2. The minimum Gasteiger partial charge on any atom is -0.371 e. The van der Waals surface area contributed by atoms with Gasteiger partial charge in [0.25, 0.3) is 10.1 Å². The minimum atomic E-state index is -3.53. The van der Waals surface area contributed by atoms with Gasteiger partial charge in [-0.2, -0.15) is 8.42 Å². The average molecular weight is 422 g/mol. The van der Waals surface area contributed by atoms with Crippen molar-refractivity contribution < 1.29 is 21.7 Å². The third-order valence-electron chi connectivity index (χ3n) is 5.10. The lowest BCUT2D eigenvalue weighted by Crippen LogP contribution is -2.35. The smallest absolute Gasteiger partial charge is 0.264 e. The van der Waals surface area contributed by atoms with Crippen molar-refractivity contribution >= 4 is 10.1 Å².